The van der Waals surface area contributed by atoms with Crippen LogP contribution >= 0.6 is 0 Å². The summed E-state index contributed by atoms with van der Waals surface area (Å²) in [7, 11) is 0. The number of imidazole rings is 1. The van der Waals surface area contributed by atoms with Gasteiger partial charge in [-0.3, -0.25) is 4.57 Å². The second-order valence-electron chi connectivity index (χ2n) is 9.22. The van der Waals surface area contributed by atoms with Crippen LogP contribution in [0.3, 0.4) is 0 Å². The highest BCUT2D eigenvalue weighted by molar-refractivity contribution is 6.25. The van der Waals surface area contributed by atoms with Crippen molar-refractivity contribution in [3.05, 3.63) is 126 Å². The van der Waals surface area contributed by atoms with Crippen molar-refractivity contribution in [2.24, 2.45) is 0 Å². The molecular formula is C32H19N3O. The van der Waals surface area contributed by atoms with E-state index in [4.69, 9.17) is 4.98 Å². The summed E-state index contributed by atoms with van der Waals surface area (Å²) in [6.45, 7) is 0. The number of rotatable bonds is 1. The first kappa shape index (κ1) is 19.4. The van der Waals surface area contributed by atoms with Crippen LogP contribution < -0.4 is 5.69 Å². The molecule has 0 N–H and O–H groups in total. The minimum atomic E-state index is -0.123. The zero-order chi connectivity index (χ0) is 23.8. The van der Waals surface area contributed by atoms with E-state index >= 15 is 0 Å². The van der Waals surface area contributed by atoms with E-state index < -0.39 is 0 Å². The van der Waals surface area contributed by atoms with Gasteiger partial charge in [-0.1, -0.05) is 78.9 Å². The molecule has 0 unspecified atom stereocenters. The Labute approximate surface area is 205 Å². The van der Waals surface area contributed by atoms with Gasteiger partial charge < -0.3 is 0 Å². The lowest BCUT2D eigenvalue weighted by atomic mass is 9.94. The number of benzene rings is 6. The van der Waals surface area contributed by atoms with Crippen LogP contribution in [-0.2, 0) is 0 Å². The fourth-order valence-corrected chi connectivity index (χ4v) is 5.75. The minimum absolute atomic E-state index is 0.123. The third-order valence-corrected chi connectivity index (χ3v) is 7.32. The Morgan fingerprint density at radius 1 is 0.500 bits per heavy atom. The zero-order valence-electron chi connectivity index (χ0n) is 19.2. The summed E-state index contributed by atoms with van der Waals surface area (Å²) >= 11 is 0. The van der Waals surface area contributed by atoms with Gasteiger partial charge in [0.25, 0.3) is 0 Å². The van der Waals surface area contributed by atoms with Crippen molar-refractivity contribution in [3.63, 3.8) is 0 Å². The van der Waals surface area contributed by atoms with Gasteiger partial charge in [0, 0.05) is 5.39 Å². The summed E-state index contributed by atoms with van der Waals surface area (Å²) in [5, 5.41) is 8.10. The molecule has 0 spiro atoms. The highest BCUT2D eigenvalue weighted by Crippen LogP contribution is 2.36. The highest BCUT2D eigenvalue weighted by Gasteiger charge is 2.17. The Morgan fingerprint density at radius 3 is 1.72 bits per heavy atom. The van der Waals surface area contributed by atoms with E-state index in [1.165, 1.54) is 26.9 Å². The fourth-order valence-electron chi connectivity index (χ4n) is 5.75. The molecule has 8 rings (SSSR count). The van der Waals surface area contributed by atoms with E-state index in [0.29, 0.717) is 5.65 Å². The molecule has 0 aliphatic rings. The zero-order valence-corrected chi connectivity index (χ0v) is 19.2. The summed E-state index contributed by atoms with van der Waals surface area (Å²) in [6, 6.07) is 39.2. The number of fused-ring (bicyclic) bond motifs is 11. The smallest absolute Gasteiger partial charge is 0.262 e. The molecule has 0 aliphatic carbocycles. The standard InChI is InChI=1S/C32H19N3O/c36-32-34(29-15-7-5-13-26(29)31-33-28-14-6-8-16-30(28)35(31)32)20-17-18-25-23-11-2-1-9-21(23)22-10-3-4-12-24(22)27(25)19-20/h1-19H. The molecule has 0 saturated heterocycles. The Morgan fingerprint density at radius 2 is 1.03 bits per heavy atom. The van der Waals surface area contributed by atoms with Gasteiger partial charge >= 0.3 is 5.69 Å². The van der Waals surface area contributed by atoms with Gasteiger partial charge in [0.2, 0.25) is 0 Å². The topological polar surface area (TPSA) is 39.3 Å². The van der Waals surface area contributed by atoms with E-state index in [1.807, 2.05) is 53.1 Å². The third kappa shape index (κ3) is 2.48. The summed E-state index contributed by atoms with van der Waals surface area (Å²) in [5.74, 6) is 0. The van der Waals surface area contributed by atoms with Gasteiger partial charge in [0.05, 0.1) is 22.2 Å². The molecule has 0 amide bonds. The second-order valence-corrected chi connectivity index (χ2v) is 9.22. The summed E-state index contributed by atoms with van der Waals surface area (Å²) in [4.78, 5) is 18.9. The van der Waals surface area contributed by atoms with Gasteiger partial charge in [0.1, 0.15) is 0 Å². The van der Waals surface area contributed by atoms with Crippen LogP contribution in [-0.4, -0.2) is 14.0 Å². The normalized spacial score (nSPS) is 12.0. The van der Waals surface area contributed by atoms with E-state index in [1.54, 1.807) is 4.40 Å². The molecule has 2 aromatic heterocycles. The Hall–Kier alpha value is -4.96. The Kier molecular flexibility index (Phi) is 3.78. The Balaban J connectivity index is 1.56. The molecule has 0 bridgehead atoms. The first-order valence-corrected chi connectivity index (χ1v) is 12.0. The number of para-hydroxylation sites is 3. The molecule has 0 aliphatic heterocycles. The second kappa shape index (κ2) is 7.03. The molecule has 6 aromatic carbocycles. The van der Waals surface area contributed by atoms with Crippen molar-refractivity contribution in [2.75, 3.05) is 0 Å². The Bertz CT molecular complexity index is 2200. The molecule has 4 heteroatoms. The molecule has 0 radical (unpaired) electrons. The molecule has 8 aromatic rings. The van der Waals surface area contributed by atoms with Crippen molar-refractivity contribution < 1.29 is 0 Å². The van der Waals surface area contributed by atoms with Crippen molar-refractivity contribution >= 4 is 59.9 Å². The van der Waals surface area contributed by atoms with E-state index in [-0.39, 0.29) is 5.69 Å². The summed E-state index contributed by atoms with van der Waals surface area (Å²) in [6.07, 6.45) is 0. The summed E-state index contributed by atoms with van der Waals surface area (Å²) < 4.78 is 3.56. The van der Waals surface area contributed by atoms with E-state index in [2.05, 4.69) is 66.7 Å². The lowest BCUT2D eigenvalue weighted by Gasteiger charge is -2.15. The van der Waals surface area contributed by atoms with Crippen LogP contribution in [0.5, 0.6) is 0 Å². The van der Waals surface area contributed by atoms with Crippen molar-refractivity contribution in [2.45, 2.75) is 0 Å². The molecule has 0 fully saturated rings. The maximum atomic E-state index is 14.1. The average molecular weight is 462 g/mol. The van der Waals surface area contributed by atoms with Crippen molar-refractivity contribution in [1.82, 2.24) is 14.0 Å². The van der Waals surface area contributed by atoms with Crippen LogP contribution in [0.15, 0.2) is 120 Å². The van der Waals surface area contributed by atoms with Gasteiger partial charge in [0.15, 0.2) is 5.65 Å². The third-order valence-electron chi connectivity index (χ3n) is 7.32. The maximum Gasteiger partial charge on any atom is 0.339 e. The lowest BCUT2D eigenvalue weighted by molar-refractivity contribution is 0.933. The van der Waals surface area contributed by atoms with Gasteiger partial charge in [-0.05, 0) is 68.7 Å². The van der Waals surface area contributed by atoms with Crippen LogP contribution in [0.2, 0.25) is 0 Å². The molecule has 2 heterocycles. The fraction of sp³-hybridized carbons (Fsp3) is 0. The predicted molar refractivity (Wildman–Crippen MR) is 148 cm³/mol. The summed E-state index contributed by atoms with van der Waals surface area (Å²) in [5.41, 5.74) is 3.87. The minimum Gasteiger partial charge on any atom is -0.262 e. The molecule has 168 valence electrons. The quantitative estimate of drug-likeness (QED) is 0.242. The average Bonchev–Trinajstić information content (AvgIpc) is 3.34. The molecular weight excluding hydrogens is 442 g/mol. The first-order chi connectivity index (χ1) is 17.8. The molecule has 4 nitrogen and oxygen atoms in total. The van der Waals surface area contributed by atoms with Crippen LogP contribution in [0.25, 0.3) is 65.6 Å². The lowest BCUT2D eigenvalue weighted by Crippen LogP contribution is -2.25. The highest BCUT2D eigenvalue weighted by atomic mass is 16.1. The largest absolute Gasteiger partial charge is 0.339 e. The van der Waals surface area contributed by atoms with Crippen LogP contribution in [0.1, 0.15) is 0 Å². The van der Waals surface area contributed by atoms with Crippen LogP contribution in [0, 0.1) is 0 Å². The first-order valence-electron chi connectivity index (χ1n) is 12.0. The van der Waals surface area contributed by atoms with Crippen LogP contribution in [0.4, 0.5) is 0 Å². The number of hydrogen-bond donors (Lipinski definition) is 0. The number of hydrogen-bond acceptors (Lipinski definition) is 2. The number of aromatic nitrogens is 3. The van der Waals surface area contributed by atoms with E-state index in [0.717, 1.165) is 33.0 Å². The van der Waals surface area contributed by atoms with E-state index in [9.17, 15) is 4.79 Å². The molecule has 0 saturated carbocycles. The van der Waals surface area contributed by atoms with Crippen molar-refractivity contribution in [1.29, 1.82) is 0 Å². The van der Waals surface area contributed by atoms with Gasteiger partial charge in [-0.25, -0.2) is 14.2 Å². The number of nitrogens with zero attached hydrogens (tertiary/aromatic N) is 3. The SMILES string of the molecule is O=c1n(-c2ccc3c4ccccc4c4ccccc4c3c2)c2ccccc2c2nc3ccccc3n12. The monoisotopic (exact) mass is 461 g/mol. The van der Waals surface area contributed by atoms with Crippen molar-refractivity contribution in [3.8, 4) is 5.69 Å². The molecule has 0 atom stereocenters. The van der Waals surface area contributed by atoms with Gasteiger partial charge in [-0.2, -0.15) is 0 Å². The predicted octanol–water partition coefficient (Wildman–Crippen LogP) is 7.25. The maximum absolute atomic E-state index is 14.1. The molecule has 36 heavy (non-hydrogen) atoms. The van der Waals surface area contributed by atoms with Gasteiger partial charge in [-0.15, -0.1) is 0 Å².